The molecule has 282 valence electrons. The number of aryl methyl sites for hydroxylation is 1. The topological polar surface area (TPSA) is 155 Å². The Morgan fingerprint density at radius 2 is 1.54 bits per heavy atom. The number of carbonyl (C=O) groups excluding carboxylic acids is 2. The van der Waals surface area contributed by atoms with Crippen LogP contribution in [0.1, 0.15) is 32.0 Å². The maximum absolute atomic E-state index is 13.6. The molecule has 54 heavy (non-hydrogen) atoms. The molecule has 6 rings (SSSR count). The lowest BCUT2D eigenvalue weighted by Crippen LogP contribution is -2.48. The molecular weight excluding hydrogens is 711 g/mol. The minimum absolute atomic E-state index is 0.0275. The van der Waals surface area contributed by atoms with Crippen LogP contribution < -0.4 is 14.4 Å². The number of aromatic nitrogens is 2. The standard InChI is InChI=1S/C36H34F3N5O4.C2H2O4/c1-41(34(45)24-8-10-27(11-9-24)36(37,38)39)28-12-15-33(40-22-28)48-29-13-14-30-26(20-29)21-31(42(30)2)35(46)44-18-16-43(17-19-44)23-25-6-4-5-7-32(25)47-3;3-1(4)2(5)6/h4-15,20-22H,16-19,23H2,1-3H3;(H,3,4)(H,5,6). The van der Waals surface area contributed by atoms with Gasteiger partial charge in [0, 0.05) is 74.9 Å². The number of hydrogen-bond donors (Lipinski definition) is 2. The van der Waals surface area contributed by atoms with Crippen LogP contribution in [-0.4, -0.2) is 93.7 Å². The van der Waals surface area contributed by atoms with E-state index in [1.54, 1.807) is 25.3 Å². The molecule has 0 spiro atoms. The number of rotatable bonds is 8. The second kappa shape index (κ2) is 16.5. The maximum atomic E-state index is 13.6. The van der Waals surface area contributed by atoms with Crippen molar-refractivity contribution in [2.24, 2.45) is 7.05 Å². The molecule has 0 saturated carbocycles. The second-order valence-corrected chi connectivity index (χ2v) is 12.2. The van der Waals surface area contributed by atoms with Gasteiger partial charge in [0.15, 0.2) is 0 Å². The van der Waals surface area contributed by atoms with Crippen molar-refractivity contribution in [3.8, 4) is 17.4 Å². The van der Waals surface area contributed by atoms with E-state index in [2.05, 4.69) is 16.0 Å². The Bertz CT molecular complexity index is 2130. The van der Waals surface area contributed by atoms with Crippen LogP contribution in [0.15, 0.2) is 91.1 Å². The van der Waals surface area contributed by atoms with Gasteiger partial charge in [-0.15, -0.1) is 0 Å². The van der Waals surface area contributed by atoms with Crippen LogP contribution in [-0.2, 0) is 29.4 Å². The van der Waals surface area contributed by atoms with E-state index < -0.39 is 29.6 Å². The summed E-state index contributed by atoms with van der Waals surface area (Å²) in [5, 5.41) is 15.6. The Hall–Kier alpha value is -6.42. The lowest BCUT2D eigenvalue weighted by molar-refractivity contribution is -0.159. The van der Waals surface area contributed by atoms with Gasteiger partial charge >= 0.3 is 18.1 Å². The molecule has 0 unspecified atom stereocenters. The molecule has 3 heterocycles. The highest BCUT2D eigenvalue weighted by Crippen LogP contribution is 2.31. The fourth-order valence-corrected chi connectivity index (χ4v) is 5.81. The fourth-order valence-electron chi connectivity index (χ4n) is 5.81. The lowest BCUT2D eigenvalue weighted by Gasteiger charge is -2.35. The van der Waals surface area contributed by atoms with Crippen LogP contribution in [0.2, 0.25) is 0 Å². The van der Waals surface area contributed by atoms with E-state index >= 15 is 0 Å². The second-order valence-electron chi connectivity index (χ2n) is 12.2. The number of carbonyl (C=O) groups is 4. The molecule has 0 bridgehead atoms. The molecule has 16 heteroatoms. The predicted octanol–water partition coefficient (Wildman–Crippen LogP) is 5.78. The van der Waals surface area contributed by atoms with Crippen molar-refractivity contribution < 1.29 is 52.0 Å². The molecule has 2 aromatic heterocycles. The summed E-state index contributed by atoms with van der Waals surface area (Å²) >= 11 is 0. The van der Waals surface area contributed by atoms with Gasteiger partial charge in [-0.05, 0) is 60.7 Å². The smallest absolute Gasteiger partial charge is 0.416 e. The first-order chi connectivity index (χ1) is 25.7. The molecule has 0 aliphatic carbocycles. The van der Waals surface area contributed by atoms with E-state index in [1.807, 2.05) is 52.9 Å². The summed E-state index contributed by atoms with van der Waals surface area (Å²) in [7, 11) is 5.06. The van der Waals surface area contributed by atoms with E-state index in [9.17, 15) is 22.8 Å². The van der Waals surface area contributed by atoms with Gasteiger partial charge in [-0.2, -0.15) is 13.2 Å². The zero-order chi connectivity index (χ0) is 39.2. The Morgan fingerprint density at radius 1 is 0.870 bits per heavy atom. The average molecular weight is 748 g/mol. The first-order valence-electron chi connectivity index (χ1n) is 16.4. The van der Waals surface area contributed by atoms with Gasteiger partial charge < -0.3 is 34.1 Å². The highest BCUT2D eigenvalue weighted by Gasteiger charge is 2.30. The lowest BCUT2D eigenvalue weighted by atomic mass is 10.1. The van der Waals surface area contributed by atoms with Gasteiger partial charge in [0.05, 0.1) is 24.6 Å². The highest BCUT2D eigenvalue weighted by molar-refractivity contribution is 6.27. The van der Waals surface area contributed by atoms with Crippen LogP contribution in [0.4, 0.5) is 18.9 Å². The molecule has 13 nitrogen and oxygen atoms in total. The zero-order valence-electron chi connectivity index (χ0n) is 29.4. The Balaban J connectivity index is 0.000000864. The number of amides is 2. The first-order valence-corrected chi connectivity index (χ1v) is 16.4. The minimum atomic E-state index is -4.48. The van der Waals surface area contributed by atoms with Crippen molar-refractivity contribution in [1.82, 2.24) is 19.4 Å². The van der Waals surface area contributed by atoms with E-state index in [4.69, 9.17) is 29.3 Å². The number of carboxylic acid groups (broad SMARTS) is 2. The molecule has 2 N–H and O–H groups in total. The molecule has 5 aromatic rings. The number of benzene rings is 3. The van der Waals surface area contributed by atoms with Crippen molar-refractivity contribution in [2.45, 2.75) is 12.7 Å². The van der Waals surface area contributed by atoms with Gasteiger partial charge in [0.25, 0.3) is 11.8 Å². The molecular formula is C38H36F3N5O8. The van der Waals surface area contributed by atoms with Crippen molar-refractivity contribution >= 4 is 40.3 Å². The number of aliphatic carboxylic acids is 2. The number of halogens is 3. The summed E-state index contributed by atoms with van der Waals surface area (Å²) in [5.74, 6) is -2.49. The number of pyridine rings is 1. The molecule has 0 radical (unpaired) electrons. The number of methoxy groups -OCH3 is 1. The summed E-state index contributed by atoms with van der Waals surface area (Å²) in [6, 6.07) is 22.7. The molecule has 0 atom stereocenters. The normalized spacial score (nSPS) is 13.1. The zero-order valence-corrected chi connectivity index (χ0v) is 29.4. The number of nitrogens with zero attached hydrogens (tertiary/aromatic N) is 5. The van der Waals surface area contributed by atoms with Crippen molar-refractivity contribution in [1.29, 1.82) is 0 Å². The third-order valence-corrected chi connectivity index (χ3v) is 8.76. The van der Waals surface area contributed by atoms with Crippen LogP contribution in [0, 0.1) is 0 Å². The Labute approximate surface area is 307 Å². The summed E-state index contributed by atoms with van der Waals surface area (Å²) in [5.41, 5.74) is 2.32. The molecule has 1 fully saturated rings. The third-order valence-electron chi connectivity index (χ3n) is 8.76. The minimum Gasteiger partial charge on any atom is -0.496 e. The van der Waals surface area contributed by atoms with Crippen molar-refractivity contribution in [2.75, 3.05) is 45.2 Å². The van der Waals surface area contributed by atoms with Crippen LogP contribution >= 0.6 is 0 Å². The third kappa shape index (κ3) is 9.14. The fraction of sp³-hybridized carbons (Fsp3) is 0.237. The molecule has 1 aliphatic heterocycles. The van der Waals surface area contributed by atoms with Crippen LogP contribution in [0.25, 0.3) is 10.9 Å². The monoisotopic (exact) mass is 747 g/mol. The van der Waals surface area contributed by atoms with Gasteiger partial charge in [-0.3, -0.25) is 14.5 Å². The summed E-state index contributed by atoms with van der Waals surface area (Å²) in [6.07, 6.45) is -3.03. The number of carboxylic acids is 2. The molecule has 1 aliphatic rings. The molecule has 2 amide bonds. The van der Waals surface area contributed by atoms with E-state index in [1.165, 1.54) is 18.1 Å². The highest BCUT2D eigenvalue weighted by atomic mass is 19.4. The van der Waals surface area contributed by atoms with Crippen molar-refractivity contribution in [3.63, 3.8) is 0 Å². The van der Waals surface area contributed by atoms with Gasteiger partial charge in [-0.25, -0.2) is 14.6 Å². The number of hydrogen-bond acceptors (Lipinski definition) is 8. The van der Waals surface area contributed by atoms with Crippen LogP contribution in [0.5, 0.6) is 17.4 Å². The largest absolute Gasteiger partial charge is 0.496 e. The van der Waals surface area contributed by atoms with Gasteiger partial charge in [0.1, 0.15) is 17.2 Å². The number of para-hydroxylation sites is 1. The number of piperazine rings is 1. The summed E-state index contributed by atoms with van der Waals surface area (Å²) in [6.45, 7) is 3.53. The Morgan fingerprint density at radius 3 is 2.13 bits per heavy atom. The molecule has 3 aromatic carbocycles. The SMILES string of the molecule is COc1ccccc1CN1CCN(C(=O)c2cc3cc(Oc4ccc(N(C)C(=O)c5ccc(C(F)(F)F)cc5)cn4)ccc3n2C)CC1.O=C(O)C(=O)O. The quantitative estimate of drug-likeness (QED) is 0.187. The van der Waals surface area contributed by atoms with Crippen molar-refractivity contribution in [3.05, 3.63) is 114 Å². The van der Waals surface area contributed by atoms with Gasteiger partial charge in [0.2, 0.25) is 5.88 Å². The number of anilines is 1. The number of ether oxygens (including phenoxy) is 2. The number of fused-ring (bicyclic) bond motifs is 1. The summed E-state index contributed by atoms with van der Waals surface area (Å²) in [4.78, 5) is 54.4. The summed E-state index contributed by atoms with van der Waals surface area (Å²) < 4.78 is 52.0. The van der Waals surface area contributed by atoms with Crippen LogP contribution in [0.3, 0.4) is 0 Å². The predicted molar refractivity (Wildman–Crippen MR) is 191 cm³/mol. The molecule has 1 saturated heterocycles. The average Bonchev–Trinajstić information content (AvgIpc) is 3.49. The van der Waals surface area contributed by atoms with Gasteiger partial charge in [-0.1, -0.05) is 18.2 Å². The van der Waals surface area contributed by atoms with E-state index in [0.29, 0.717) is 30.2 Å². The maximum Gasteiger partial charge on any atom is 0.416 e. The van der Waals surface area contributed by atoms with E-state index in [0.717, 1.165) is 66.1 Å². The Kier molecular flexibility index (Phi) is 11.9. The number of alkyl halides is 3. The first kappa shape index (κ1) is 38.8. The van der Waals surface area contributed by atoms with E-state index in [-0.39, 0.29) is 17.4 Å².